The zero-order valence-electron chi connectivity index (χ0n) is 11.6. The predicted octanol–water partition coefficient (Wildman–Crippen LogP) is 3.46. The molecule has 0 amide bonds. The molecule has 1 fully saturated rings. The van der Waals surface area contributed by atoms with Crippen molar-refractivity contribution in [3.05, 3.63) is 22.7 Å². The molecular formula is C14H20BrNO3S. The number of halogens is 1. The molecule has 1 N–H and O–H groups in total. The highest BCUT2D eigenvalue weighted by molar-refractivity contribution is 9.10. The van der Waals surface area contributed by atoms with Crippen LogP contribution in [0.1, 0.15) is 38.5 Å². The maximum atomic E-state index is 12.5. The maximum absolute atomic E-state index is 12.5. The fourth-order valence-corrected chi connectivity index (χ4v) is 4.34. The normalized spacial score (nSPS) is 17.7. The molecule has 20 heavy (non-hydrogen) atoms. The average Bonchev–Trinajstić information content (AvgIpc) is 2.66. The zero-order chi connectivity index (χ0) is 14.6. The van der Waals surface area contributed by atoms with Crippen LogP contribution in [0.25, 0.3) is 0 Å². The third-order valence-electron chi connectivity index (χ3n) is 3.59. The molecule has 1 aromatic rings. The summed E-state index contributed by atoms with van der Waals surface area (Å²) in [7, 11) is -2.05. The maximum Gasteiger partial charge on any atom is 0.244 e. The average molecular weight is 362 g/mol. The summed E-state index contributed by atoms with van der Waals surface area (Å²) < 4.78 is 33.8. The first-order valence-electron chi connectivity index (χ1n) is 6.89. The highest BCUT2D eigenvalue weighted by Gasteiger charge is 2.24. The number of hydrogen-bond acceptors (Lipinski definition) is 3. The SMILES string of the molecule is COc1cc(Br)ccc1S(=O)(=O)NC1CCCCCC1. The lowest BCUT2D eigenvalue weighted by Crippen LogP contribution is -2.34. The Bertz CT molecular complexity index is 552. The molecule has 0 aliphatic heterocycles. The topological polar surface area (TPSA) is 55.4 Å². The van der Waals surface area contributed by atoms with E-state index in [0.717, 1.165) is 30.2 Å². The van der Waals surface area contributed by atoms with Gasteiger partial charge in [-0.25, -0.2) is 13.1 Å². The van der Waals surface area contributed by atoms with Gasteiger partial charge in [-0.1, -0.05) is 41.6 Å². The molecular weight excluding hydrogens is 342 g/mol. The molecule has 0 radical (unpaired) electrons. The fraction of sp³-hybridized carbons (Fsp3) is 0.571. The van der Waals surface area contributed by atoms with Gasteiger partial charge >= 0.3 is 0 Å². The van der Waals surface area contributed by atoms with Crippen molar-refractivity contribution >= 4 is 26.0 Å². The predicted molar refractivity (Wildman–Crippen MR) is 82.5 cm³/mol. The molecule has 1 aliphatic rings. The van der Waals surface area contributed by atoms with Gasteiger partial charge < -0.3 is 4.74 Å². The van der Waals surface area contributed by atoms with Crippen molar-refractivity contribution in [1.29, 1.82) is 0 Å². The summed E-state index contributed by atoms with van der Waals surface area (Å²) in [5.74, 6) is 0.362. The minimum Gasteiger partial charge on any atom is -0.495 e. The van der Waals surface area contributed by atoms with E-state index < -0.39 is 10.0 Å². The van der Waals surface area contributed by atoms with E-state index in [2.05, 4.69) is 20.7 Å². The lowest BCUT2D eigenvalue weighted by molar-refractivity contribution is 0.401. The van der Waals surface area contributed by atoms with E-state index >= 15 is 0 Å². The minimum atomic E-state index is -3.53. The summed E-state index contributed by atoms with van der Waals surface area (Å²) in [5, 5.41) is 0. The number of rotatable bonds is 4. The molecule has 2 rings (SSSR count). The van der Waals surface area contributed by atoms with Crippen LogP contribution in [0.3, 0.4) is 0 Å². The van der Waals surface area contributed by atoms with Gasteiger partial charge in [0, 0.05) is 10.5 Å². The highest BCUT2D eigenvalue weighted by Crippen LogP contribution is 2.28. The minimum absolute atomic E-state index is 0.0378. The van der Waals surface area contributed by atoms with E-state index in [1.807, 2.05) is 0 Å². The molecule has 0 bridgehead atoms. The van der Waals surface area contributed by atoms with Crippen molar-refractivity contribution in [3.8, 4) is 5.75 Å². The van der Waals surface area contributed by atoms with E-state index in [1.165, 1.54) is 20.0 Å². The molecule has 0 spiro atoms. The van der Waals surface area contributed by atoms with Crippen molar-refractivity contribution in [1.82, 2.24) is 4.72 Å². The lowest BCUT2D eigenvalue weighted by Gasteiger charge is -2.17. The van der Waals surface area contributed by atoms with Crippen molar-refractivity contribution < 1.29 is 13.2 Å². The molecule has 0 saturated heterocycles. The summed E-state index contributed by atoms with van der Waals surface area (Å²) in [6.07, 6.45) is 6.39. The molecule has 112 valence electrons. The van der Waals surface area contributed by atoms with Crippen LogP contribution in [0.2, 0.25) is 0 Å². The first kappa shape index (κ1) is 15.8. The van der Waals surface area contributed by atoms with E-state index in [4.69, 9.17) is 4.74 Å². The number of ether oxygens (including phenoxy) is 1. The standard InChI is InChI=1S/C14H20BrNO3S/c1-19-13-10-11(15)8-9-14(13)20(17,18)16-12-6-4-2-3-5-7-12/h8-10,12,16H,2-7H2,1H3. The number of benzene rings is 1. The van der Waals surface area contributed by atoms with Crippen LogP contribution in [0.5, 0.6) is 5.75 Å². The Morgan fingerprint density at radius 3 is 2.45 bits per heavy atom. The van der Waals surface area contributed by atoms with E-state index in [1.54, 1.807) is 18.2 Å². The van der Waals surface area contributed by atoms with Crippen LogP contribution in [0, 0.1) is 0 Å². The lowest BCUT2D eigenvalue weighted by atomic mass is 10.1. The first-order valence-corrected chi connectivity index (χ1v) is 9.16. The largest absolute Gasteiger partial charge is 0.495 e. The van der Waals surface area contributed by atoms with Gasteiger partial charge in [-0.15, -0.1) is 0 Å². The van der Waals surface area contributed by atoms with Crippen molar-refractivity contribution in [2.24, 2.45) is 0 Å². The molecule has 1 aromatic carbocycles. The van der Waals surface area contributed by atoms with Gasteiger partial charge in [0.15, 0.2) is 0 Å². The first-order chi connectivity index (χ1) is 9.53. The number of hydrogen-bond donors (Lipinski definition) is 1. The van der Waals surface area contributed by atoms with Crippen LogP contribution in [-0.4, -0.2) is 21.6 Å². The van der Waals surface area contributed by atoms with Crippen LogP contribution < -0.4 is 9.46 Å². The van der Waals surface area contributed by atoms with Gasteiger partial charge in [0.05, 0.1) is 7.11 Å². The summed E-state index contributed by atoms with van der Waals surface area (Å²) in [6, 6.07) is 4.99. The second kappa shape index (κ2) is 6.91. The van der Waals surface area contributed by atoms with Crippen LogP contribution in [-0.2, 0) is 10.0 Å². The molecule has 6 heteroatoms. The second-order valence-corrected chi connectivity index (χ2v) is 7.70. The summed E-state index contributed by atoms with van der Waals surface area (Å²) >= 11 is 3.32. The number of nitrogens with one attached hydrogen (secondary N) is 1. The van der Waals surface area contributed by atoms with Gasteiger partial charge in [0.25, 0.3) is 0 Å². The fourth-order valence-electron chi connectivity index (χ4n) is 2.54. The smallest absolute Gasteiger partial charge is 0.244 e. The third-order valence-corrected chi connectivity index (χ3v) is 5.65. The second-order valence-electron chi connectivity index (χ2n) is 5.10. The van der Waals surface area contributed by atoms with Crippen LogP contribution in [0.15, 0.2) is 27.6 Å². The quantitative estimate of drug-likeness (QED) is 0.835. The summed E-state index contributed by atoms with van der Waals surface area (Å²) in [5.41, 5.74) is 0. The van der Waals surface area contributed by atoms with E-state index in [0.29, 0.717) is 5.75 Å². The highest BCUT2D eigenvalue weighted by atomic mass is 79.9. The van der Waals surface area contributed by atoms with Crippen LogP contribution in [0.4, 0.5) is 0 Å². The number of sulfonamides is 1. The molecule has 0 aromatic heterocycles. The number of methoxy groups -OCH3 is 1. The van der Waals surface area contributed by atoms with Crippen molar-refractivity contribution in [3.63, 3.8) is 0 Å². The molecule has 1 saturated carbocycles. The van der Waals surface area contributed by atoms with Crippen LogP contribution >= 0.6 is 15.9 Å². The third kappa shape index (κ3) is 3.96. The zero-order valence-corrected chi connectivity index (χ0v) is 14.0. The monoisotopic (exact) mass is 361 g/mol. The molecule has 0 heterocycles. The van der Waals surface area contributed by atoms with Crippen molar-refractivity contribution in [2.45, 2.75) is 49.5 Å². The Labute approximate surface area is 129 Å². The van der Waals surface area contributed by atoms with Crippen molar-refractivity contribution in [2.75, 3.05) is 7.11 Å². The Balaban J connectivity index is 2.21. The molecule has 4 nitrogen and oxygen atoms in total. The Kier molecular flexibility index (Phi) is 5.46. The molecule has 0 atom stereocenters. The molecule has 0 unspecified atom stereocenters. The Hall–Kier alpha value is -0.590. The van der Waals surface area contributed by atoms with E-state index in [9.17, 15) is 8.42 Å². The van der Waals surface area contributed by atoms with Gasteiger partial charge in [-0.3, -0.25) is 0 Å². The van der Waals surface area contributed by atoms with Gasteiger partial charge in [0.2, 0.25) is 10.0 Å². The molecule has 1 aliphatic carbocycles. The van der Waals surface area contributed by atoms with Gasteiger partial charge in [0.1, 0.15) is 10.6 Å². The van der Waals surface area contributed by atoms with Gasteiger partial charge in [-0.2, -0.15) is 0 Å². The summed E-state index contributed by atoms with van der Waals surface area (Å²) in [4.78, 5) is 0.201. The van der Waals surface area contributed by atoms with E-state index in [-0.39, 0.29) is 10.9 Å². The Morgan fingerprint density at radius 2 is 1.85 bits per heavy atom. The summed E-state index contributed by atoms with van der Waals surface area (Å²) in [6.45, 7) is 0. The Morgan fingerprint density at radius 1 is 1.20 bits per heavy atom. The van der Waals surface area contributed by atoms with Gasteiger partial charge in [-0.05, 0) is 31.0 Å².